The molecule has 3 N–H and O–H groups in total. The molecule has 0 aromatic heterocycles. The van der Waals surface area contributed by atoms with Crippen molar-refractivity contribution in [3.63, 3.8) is 0 Å². The average molecular weight is 348 g/mol. The lowest BCUT2D eigenvalue weighted by Gasteiger charge is -2.19. The van der Waals surface area contributed by atoms with E-state index in [2.05, 4.69) is 15.6 Å². The minimum absolute atomic E-state index is 0.180. The highest BCUT2D eigenvalue weighted by Crippen LogP contribution is 2.24. The Labute approximate surface area is 134 Å². The Bertz CT molecular complexity index is 665. The first kappa shape index (κ1) is 17.0. The maximum Gasteiger partial charge on any atom is 0.313 e. The van der Waals surface area contributed by atoms with E-state index in [9.17, 15) is 13.2 Å². The molecule has 1 aromatic carbocycles. The fourth-order valence-electron chi connectivity index (χ4n) is 2.15. The summed E-state index contributed by atoms with van der Waals surface area (Å²) in [4.78, 5) is 11.9. The molecule has 22 heavy (non-hydrogen) atoms. The number of carbonyl (C=O) groups excluding carboxylic acids is 1. The maximum absolute atomic E-state index is 12.5. The number of benzene rings is 1. The summed E-state index contributed by atoms with van der Waals surface area (Å²) < 4.78 is 32.4. The number of rotatable bonds is 5. The number of hydrazine groups is 1. The van der Waals surface area contributed by atoms with E-state index in [1.54, 1.807) is 26.0 Å². The van der Waals surface area contributed by atoms with Gasteiger partial charge in [0.05, 0.1) is 12.3 Å². The van der Waals surface area contributed by atoms with Crippen molar-refractivity contribution in [1.29, 1.82) is 0 Å². The van der Waals surface area contributed by atoms with Gasteiger partial charge >= 0.3 is 5.97 Å². The summed E-state index contributed by atoms with van der Waals surface area (Å²) in [5, 5.41) is -0.701. The fourth-order valence-corrected chi connectivity index (χ4v) is 3.85. The number of ether oxygens (including phenoxy) is 1. The first-order chi connectivity index (χ1) is 10.3. The number of aryl methyl sites for hydroxylation is 1. The zero-order valence-corrected chi connectivity index (χ0v) is 13.8. The lowest BCUT2D eigenvalue weighted by molar-refractivity contribution is -0.147. The number of nitrogens with one attached hydrogen (secondary N) is 3. The molecule has 1 saturated heterocycles. The number of halogens is 1. The van der Waals surface area contributed by atoms with Crippen LogP contribution in [-0.4, -0.2) is 32.9 Å². The van der Waals surface area contributed by atoms with Crippen molar-refractivity contribution in [1.82, 2.24) is 10.9 Å². The molecular formula is C13H18ClN3O4S. The van der Waals surface area contributed by atoms with Crippen LogP contribution in [0.3, 0.4) is 0 Å². The molecule has 2 atom stereocenters. The van der Waals surface area contributed by atoms with Crippen molar-refractivity contribution < 1.29 is 17.9 Å². The predicted octanol–water partition coefficient (Wildman–Crippen LogP) is 1.00. The molecule has 0 radical (unpaired) electrons. The summed E-state index contributed by atoms with van der Waals surface area (Å²) in [5.74, 6) is -1.38. The number of carbonyl (C=O) groups is 1. The molecule has 1 fully saturated rings. The van der Waals surface area contributed by atoms with Crippen molar-refractivity contribution >= 4 is 33.3 Å². The number of anilines is 1. The minimum Gasteiger partial charge on any atom is -0.466 e. The summed E-state index contributed by atoms with van der Waals surface area (Å²) in [5.41, 5.74) is 6.40. The molecule has 0 aliphatic carbocycles. The molecule has 0 saturated carbocycles. The third kappa shape index (κ3) is 3.70. The quantitative estimate of drug-likeness (QED) is 0.688. The van der Waals surface area contributed by atoms with E-state index in [1.165, 1.54) is 6.07 Å². The van der Waals surface area contributed by atoms with Gasteiger partial charge in [0.1, 0.15) is 5.92 Å². The van der Waals surface area contributed by atoms with Crippen molar-refractivity contribution in [2.24, 2.45) is 5.92 Å². The Hall–Kier alpha value is -1.35. The fraction of sp³-hybridized carbons (Fsp3) is 0.462. The first-order valence-corrected chi connectivity index (χ1v) is 8.70. The Morgan fingerprint density at radius 3 is 2.91 bits per heavy atom. The summed E-state index contributed by atoms with van der Waals surface area (Å²) in [6, 6.07) is 4.91. The summed E-state index contributed by atoms with van der Waals surface area (Å²) >= 11 is 5.89. The standard InChI is InChI=1S/C13H18ClN3O4S/c1-3-21-13(18)10-7-15-16-12(10)22(19,20)17-11-6-9(14)5-4-8(11)2/h4-6,10,12,15-17H,3,7H2,1-2H3. The van der Waals surface area contributed by atoms with Crippen molar-refractivity contribution in [3.05, 3.63) is 28.8 Å². The number of hydrogen-bond acceptors (Lipinski definition) is 6. The van der Waals surface area contributed by atoms with E-state index in [0.717, 1.165) is 5.56 Å². The molecule has 0 spiro atoms. The third-order valence-electron chi connectivity index (χ3n) is 3.31. The maximum atomic E-state index is 12.5. The Morgan fingerprint density at radius 2 is 2.23 bits per heavy atom. The van der Waals surface area contributed by atoms with E-state index in [-0.39, 0.29) is 13.2 Å². The van der Waals surface area contributed by atoms with Gasteiger partial charge in [0, 0.05) is 11.6 Å². The molecule has 0 amide bonds. The van der Waals surface area contributed by atoms with E-state index >= 15 is 0 Å². The normalized spacial score (nSPS) is 21.6. The Balaban J connectivity index is 2.22. The number of hydrogen-bond donors (Lipinski definition) is 3. The smallest absolute Gasteiger partial charge is 0.313 e. The van der Waals surface area contributed by atoms with Gasteiger partial charge in [-0.15, -0.1) is 0 Å². The van der Waals surface area contributed by atoms with Gasteiger partial charge in [-0.05, 0) is 31.5 Å². The van der Waals surface area contributed by atoms with Crippen LogP contribution in [0.2, 0.25) is 5.02 Å². The van der Waals surface area contributed by atoms with Gasteiger partial charge in [-0.25, -0.2) is 13.8 Å². The lowest BCUT2D eigenvalue weighted by atomic mass is 10.2. The zero-order valence-electron chi connectivity index (χ0n) is 12.2. The second-order valence-corrected chi connectivity index (χ2v) is 7.15. The number of sulfonamides is 1. The van der Waals surface area contributed by atoms with Crippen LogP contribution in [-0.2, 0) is 19.6 Å². The van der Waals surface area contributed by atoms with Gasteiger partial charge in [-0.3, -0.25) is 14.9 Å². The second kappa shape index (κ2) is 6.82. The topological polar surface area (TPSA) is 96.5 Å². The van der Waals surface area contributed by atoms with Crippen molar-refractivity contribution in [2.45, 2.75) is 19.2 Å². The zero-order chi connectivity index (χ0) is 16.3. The van der Waals surface area contributed by atoms with E-state index < -0.39 is 27.3 Å². The van der Waals surface area contributed by atoms with Crippen LogP contribution >= 0.6 is 11.6 Å². The molecule has 7 nitrogen and oxygen atoms in total. The molecule has 1 aliphatic rings. The SMILES string of the molecule is CCOC(=O)C1CNNC1S(=O)(=O)Nc1cc(Cl)ccc1C. The highest BCUT2D eigenvalue weighted by Gasteiger charge is 2.42. The first-order valence-electron chi connectivity index (χ1n) is 6.78. The summed E-state index contributed by atoms with van der Waals surface area (Å²) in [6.45, 7) is 3.81. The number of esters is 1. The summed E-state index contributed by atoms with van der Waals surface area (Å²) in [6.07, 6.45) is 0. The molecule has 2 rings (SSSR count). The van der Waals surface area contributed by atoms with E-state index in [4.69, 9.17) is 16.3 Å². The van der Waals surface area contributed by atoms with Gasteiger partial charge in [0.2, 0.25) is 0 Å². The largest absolute Gasteiger partial charge is 0.466 e. The lowest BCUT2D eigenvalue weighted by Crippen LogP contribution is -2.44. The Morgan fingerprint density at radius 1 is 1.50 bits per heavy atom. The van der Waals surface area contributed by atoms with Crippen LogP contribution in [0, 0.1) is 12.8 Å². The summed E-state index contributed by atoms with van der Waals surface area (Å²) in [7, 11) is -3.85. The van der Waals surface area contributed by atoms with Gasteiger partial charge < -0.3 is 4.74 Å². The second-order valence-electron chi connectivity index (χ2n) is 4.91. The monoisotopic (exact) mass is 347 g/mol. The molecule has 0 bridgehead atoms. The van der Waals surface area contributed by atoms with Gasteiger partial charge in [0.15, 0.2) is 5.37 Å². The highest BCUT2D eigenvalue weighted by atomic mass is 35.5. The van der Waals surface area contributed by atoms with E-state index in [1.807, 2.05) is 0 Å². The Kier molecular flexibility index (Phi) is 5.28. The molecule has 9 heteroatoms. The van der Waals surface area contributed by atoms with Gasteiger partial charge in [-0.1, -0.05) is 17.7 Å². The van der Waals surface area contributed by atoms with Crippen LogP contribution in [0.4, 0.5) is 5.69 Å². The molecule has 1 aromatic rings. The van der Waals surface area contributed by atoms with Crippen molar-refractivity contribution in [3.8, 4) is 0 Å². The molecule has 122 valence electrons. The average Bonchev–Trinajstić information content (AvgIpc) is 2.93. The van der Waals surface area contributed by atoms with Gasteiger partial charge in [0.25, 0.3) is 10.0 Å². The van der Waals surface area contributed by atoms with Crippen LogP contribution in [0.5, 0.6) is 0 Å². The molecule has 1 heterocycles. The van der Waals surface area contributed by atoms with Gasteiger partial charge in [-0.2, -0.15) is 0 Å². The van der Waals surface area contributed by atoms with Crippen molar-refractivity contribution in [2.75, 3.05) is 17.9 Å². The third-order valence-corrected chi connectivity index (χ3v) is 5.16. The molecule has 2 unspecified atom stereocenters. The van der Waals surface area contributed by atoms with Crippen LogP contribution in [0.15, 0.2) is 18.2 Å². The van der Waals surface area contributed by atoms with Crippen LogP contribution in [0.1, 0.15) is 12.5 Å². The minimum atomic E-state index is -3.85. The molecule has 1 aliphatic heterocycles. The highest BCUT2D eigenvalue weighted by molar-refractivity contribution is 7.93. The molecular weight excluding hydrogens is 330 g/mol. The van der Waals surface area contributed by atoms with E-state index in [0.29, 0.717) is 10.7 Å². The van der Waals surface area contributed by atoms with Crippen LogP contribution in [0.25, 0.3) is 0 Å². The predicted molar refractivity (Wildman–Crippen MR) is 83.8 cm³/mol. The van der Waals surface area contributed by atoms with Crippen LogP contribution < -0.4 is 15.6 Å².